The predicted octanol–water partition coefficient (Wildman–Crippen LogP) is 2.56. The Labute approximate surface area is 161 Å². The smallest absolute Gasteiger partial charge is 0.319 e. The number of nitrogens with one attached hydrogen (secondary N) is 2. The molecule has 152 valence electrons. The van der Waals surface area contributed by atoms with Gasteiger partial charge in [0, 0.05) is 24.5 Å². The van der Waals surface area contributed by atoms with Crippen LogP contribution in [0.15, 0.2) is 29.2 Å². The topological polar surface area (TPSA) is 87.7 Å². The number of carbonyl (C=O) groups excluding carboxylic acids is 1. The summed E-state index contributed by atoms with van der Waals surface area (Å²) in [5.41, 5.74) is 0.235. The Morgan fingerprint density at radius 2 is 1.93 bits per heavy atom. The van der Waals surface area contributed by atoms with Crippen LogP contribution >= 0.6 is 11.8 Å². The molecule has 0 aromatic heterocycles. The van der Waals surface area contributed by atoms with Crippen LogP contribution in [0.1, 0.15) is 13.8 Å². The molecule has 1 heterocycles. The maximum Gasteiger partial charge on any atom is 0.319 e. The third kappa shape index (κ3) is 6.91. The van der Waals surface area contributed by atoms with E-state index in [9.17, 15) is 22.0 Å². The highest BCUT2D eigenvalue weighted by Crippen LogP contribution is 2.31. The summed E-state index contributed by atoms with van der Waals surface area (Å²) >= 11 is 0.324. The van der Waals surface area contributed by atoms with Crippen molar-refractivity contribution in [2.45, 2.75) is 36.7 Å². The maximum absolute atomic E-state index is 12.6. The number of para-hydroxylation sites is 1. The Bertz CT molecular complexity index is 739. The third-order valence-electron chi connectivity index (χ3n) is 3.78. The van der Waals surface area contributed by atoms with Crippen LogP contribution in [-0.2, 0) is 14.8 Å². The monoisotopic (exact) mass is 423 g/mol. The van der Waals surface area contributed by atoms with Crippen molar-refractivity contribution >= 4 is 33.5 Å². The average molecular weight is 424 g/mol. The number of hydrogen-bond acceptors (Lipinski definition) is 5. The first-order valence-corrected chi connectivity index (χ1v) is 10.9. The summed E-state index contributed by atoms with van der Waals surface area (Å²) in [7, 11) is -3.53. The van der Waals surface area contributed by atoms with Crippen molar-refractivity contribution in [3.05, 3.63) is 24.3 Å². The number of hydrogen-bond donors (Lipinski definition) is 2. The quantitative estimate of drug-likeness (QED) is 0.658. The molecule has 1 aliphatic rings. The molecular formula is C16H23F2N3O4S2. The lowest BCUT2D eigenvalue weighted by atomic mass is 10.3. The highest BCUT2D eigenvalue weighted by molar-refractivity contribution is 7.99. The van der Waals surface area contributed by atoms with E-state index in [2.05, 4.69) is 10.6 Å². The van der Waals surface area contributed by atoms with E-state index in [0.29, 0.717) is 11.8 Å². The van der Waals surface area contributed by atoms with E-state index in [4.69, 9.17) is 4.74 Å². The molecule has 1 saturated heterocycles. The van der Waals surface area contributed by atoms with Crippen molar-refractivity contribution in [2.24, 2.45) is 0 Å². The molecule has 0 aliphatic carbocycles. The van der Waals surface area contributed by atoms with E-state index in [-0.39, 0.29) is 48.2 Å². The highest BCUT2D eigenvalue weighted by Gasteiger charge is 2.30. The number of anilines is 1. The number of carbonyl (C=O) groups is 1. The van der Waals surface area contributed by atoms with E-state index in [1.165, 1.54) is 16.4 Å². The highest BCUT2D eigenvalue weighted by atomic mass is 32.2. The van der Waals surface area contributed by atoms with Crippen LogP contribution in [0.4, 0.5) is 19.3 Å². The van der Waals surface area contributed by atoms with Gasteiger partial charge in [0.05, 0.1) is 23.6 Å². The number of ether oxygens (including phenoxy) is 1. The summed E-state index contributed by atoms with van der Waals surface area (Å²) in [6.45, 7) is 4.06. The Morgan fingerprint density at radius 1 is 1.30 bits per heavy atom. The second kappa shape index (κ2) is 9.67. The van der Waals surface area contributed by atoms with E-state index in [1.807, 2.05) is 0 Å². The molecule has 2 N–H and O–H groups in total. The van der Waals surface area contributed by atoms with Crippen LogP contribution in [0, 0.1) is 0 Å². The van der Waals surface area contributed by atoms with Gasteiger partial charge in [-0.05, 0) is 26.0 Å². The first kappa shape index (κ1) is 21.9. The first-order chi connectivity index (χ1) is 12.7. The molecule has 0 unspecified atom stereocenters. The fraction of sp³-hybridized carbons (Fsp3) is 0.562. The van der Waals surface area contributed by atoms with Crippen molar-refractivity contribution in [1.82, 2.24) is 9.62 Å². The van der Waals surface area contributed by atoms with Crippen LogP contribution in [0.3, 0.4) is 0 Å². The van der Waals surface area contributed by atoms with Crippen LogP contribution in [0.2, 0.25) is 0 Å². The van der Waals surface area contributed by atoms with E-state index in [0.717, 1.165) is 0 Å². The van der Waals surface area contributed by atoms with Crippen LogP contribution in [0.25, 0.3) is 0 Å². The summed E-state index contributed by atoms with van der Waals surface area (Å²) in [6, 6.07) is 5.51. The van der Waals surface area contributed by atoms with Gasteiger partial charge in [-0.1, -0.05) is 23.9 Å². The van der Waals surface area contributed by atoms with E-state index < -0.39 is 21.8 Å². The van der Waals surface area contributed by atoms with Crippen molar-refractivity contribution < 1.29 is 26.7 Å². The number of benzene rings is 1. The summed E-state index contributed by atoms with van der Waals surface area (Å²) in [4.78, 5) is 12.2. The molecular weight excluding hydrogens is 400 g/mol. The average Bonchev–Trinajstić information content (AvgIpc) is 2.55. The van der Waals surface area contributed by atoms with Gasteiger partial charge in [-0.25, -0.2) is 13.2 Å². The lowest BCUT2D eigenvalue weighted by molar-refractivity contribution is -0.0440. The summed E-state index contributed by atoms with van der Waals surface area (Å²) in [5.74, 6) is -2.87. The molecule has 7 nitrogen and oxygen atoms in total. The molecule has 2 atom stereocenters. The van der Waals surface area contributed by atoms with Gasteiger partial charge >= 0.3 is 6.03 Å². The van der Waals surface area contributed by atoms with Gasteiger partial charge in [-0.15, -0.1) is 0 Å². The number of rotatable bonds is 7. The lowest BCUT2D eigenvalue weighted by Gasteiger charge is -2.34. The molecule has 1 aromatic carbocycles. The number of thioether (sulfide) groups is 1. The summed E-state index contributed by atoms with van der Waals surface area (Å²) < 4.78 is 56.8. The van der Waals surface area contributed by atoms with Crippen molar-refractivity contribution in [1.29, 1.82) is 0 Å². The van der Waals surface area contributed by atoms with Gasteiger partial charge in [0.2, 0.25) is 10.0 Å². The molecule has 2 amide bonds. The maximum atomic E-state index is 12.6. The SMILES string of the molecule is C[C@H]1CN(S(=O)(=O)CCNC(=O)Nc2ccccc2SC(F)F)C[C@H](C)O1. The van der Waals surface area contributed by atoms with Crippen molar-refractivity contribution in [3.8, 4) is 0 Å². The Kier molecular flexibility index (Phi) is 7.83. The minimum atomic E-state index is -3.53. The van der Waals surface area contributed by atoms with Gasteiger partial charge in [0.25, 0.3) is 5.76 Å². The molecule has 2 rings (SSSR count). The number of alkyl halides is 2. The van der Waals surface area contributed by atoms with Crippen molar-refractivity contribution in [2.75, 3.05) is 30.7 Å². The normalized spacial score (nSPS) is 21.2. The number of morpholine rings is 1. The molecule has 11 heteroatoms. The van der Waals surface area contributed by atoms with Crippen LogP contribution < -0.4 is 10.6 Å². The van der Waals surface area contributed by atoms with Gasteiger partial charge in [-0.3, -0.25) is 0 Å². The zero-order valence-electron chi connectivity index (χ0n) is 15.0. The van der Waals surface area contributed by atoms with Gasteiger partial charge < -0.3 is 15.4 Å². The second-order valence-corrected chi connectivity index (χ2v) is 9.27. The molecule has 0 saturated carbocycles. The Balaban J connectivity index is 1.86. The van der Waals surface area contributed by atoms with Crippen LogP contribution in [0.5, 0.6) is 0 Å². The fourth-order valence-electron chi connectivity index (χ4n) is 2.72. The standard InChI is InChI=1S/C16H23F2N3O4S2/c1-11-9-21(10-12(2)25-11)27(23,24)8-7-19-16(22)20-13-5-3-4-6-14(13)26-15(17)18/h3-6,11-12,15H,7-10H2,1-2H3,(H2,19,20,22)/t11-,12-/m0/s1. The number of amides is 2. The molecule has 0 bridgehead atoms. The Morgan fingerprint density at radius 3 is 2.56 bits per heavy atom. The minimum Gasteiger partial charge on any atom is -0.373 e. The van der Waals surface area contributed by atoms with Gasteiger partial charge in [-0.2, -0.15) is 13.1 Å². The van der Waals surface area contributed by atoms with Crippen LogP contribution in [-0.4, -0.2) is 62.1 Å². The third-order valence-corrected chi connectivity index (χ3v) is 6.37. The van der Waals surface area contributed by atoms with Crippen molar-refractivity contribution in [3.63, 3.8) is 0 Å². The molecule has 0 spiro atoms. The predicted molar refractivity (Wildman–Crippen MR) is 101 cm³/mol. The molecule has 1 aliphatic heterocycles. The number of sulfonamides is 1. The second-order valence-electron chi connectivity index (χ2n) is 6.15. The zero-order valence-corrected chi connectivity index (χ0v) is 16.7. The zero-order chi connectivity index (χ0) is 20.0. The summed E-state index contributed by atoms with van der Waals surface area (Å²) in [6.07, 6.45) is -0.382. The van der Waals surface area contributed by atoms with Gasteiger partial charge in [0.15, 0.2) is 0 Å². The molecule has 1 aromatic rings. The lowest BCUT2D eigenvalue weighted by Crippen LogP contribution is -2.49. The van der Waals surface area contributed by atoms with E-state index in [1.54, 1.807) is 26.0 Å². The first-order valence-electron chi connectivity index (χ1n) is 8.39. The summed E-state index contributed by atoms with van der Waals surface area (Å²) in [5, 5.41) is 4.91. The number of halogens is 2. The number of nitrogens with zero attached hydrogens (tertiary/aromatic N) is 1. The molecule has 0 radical (unpaired) electrons. The number of urea groups is 1. The molecule has 27 heavy (non-hydrogen) atoms. The minimum absolute atomic E-state index is 0.0988. The largest absolute Gasteiger partial charge is 0.373 e. The molecule has 1 fully saturated rings. The fourth-order valence-corrected chi connectivity index (χ4v) is 4.80. The Hall–Kier alpha value is -1.43. The van der Waals surface area contributed by atoms with Gasteiger partial charge in [0.1, 0.15) is 0 Å². The van der Waals surface area contributed by atoms with E-state index >= 15 is 0 Å².